The highest BCUT2D eigenvalue weighted by atomic mass is 32.1. The van der Waals surface area contributed by atoms with Crippen LogP contribution in [0.1, 0.15) is 26.9 Å². The lowest BCUT2D eigenvalue weighted by atomic mass is 9.93. The molecule has 0 spiro atoms. The Bertz CT molecular complexity index is 849. The number of benzene rings is 1. The van der Waals surface area contributed by atoms with Crippen molar-refractivity contribution in [2.24, 2.45) is 0 Å². The van der Waals surface area contributed by atoms with Crippen LogP contribution >= 0.6 is 22.7 Å². The Kier molecular flexibility index (Phi) is 4.32. The Labute approximate surface area is 149 Å². The molecule has 1 aromatic carbocycles. The van der Waals surface area contributed by atoms with Crippen LogP contribution < -0.4 is 0 Å². The van der Waals surface area contributed by atoms with E-state index in [2.05, 4.69) is 23.6 Å². The smallest absolute Gasteiger partial charge is 0.247 e. The van der Waals surface area contributed by atoms with E-state index in [1.165, 1.54) is 16.0 Å². The normalized spacial score (nSPS) is 17.2. The molecule has 0 radical (unpaired) electrons. The van der Waals surface area contributed by atoms with Gasteiger partial charge in [0.2, 0.25) is 5.91 Å². The summed E-state index contributed by atoms with van der Waals surface area (Å²) in [6.45, 7) is 0.765. The van der Waals surface area contributed by atoms with Gasteiger partial charge in [-0.15, -0.1) is 22.7 Å². The predicted octanol–water partition coefficient (Wildman–Crippen LogP) is 5.00. The molecule has 1 aliphatic rings. The molecule has 3 aromatic rings. The predicted molar refractivity (Wildman–Crippen MR) is 101 cm³/mol. The summed E-state index contributed by atoms with van der Waals surface area (Å²) in [6, 6.07) is 16.5. The lowest BCUT2D eigenvalue weighted by Crippen LogP contribution is -2.39. The third-order valence-electron chi connectivity index (χ3n) is 4.30. The fraction of sp³-hybridized carbons (Fsp3) is 0.150. The number of rotatable bonds is 3. The van der Waals surface area contributed by atoms with E-state index in [4.69, 9.17) is 0 Å². The third-order valence-corrected chi connectivity index (χ3v) is 6.13. The van der Waals surface area contributed by atoms with Gasteiger partial charge in [-0.05, 0) is 46.5 Å². The van der Waals surface area contributed by atoms with Crippen LogP contribution in [0.4, 0.5) is 0 Å². The zero-order valence-electron chi connectivity index (χ0n) is 13.1. The van der Waals surface area contributed by atoms with E-state index >= 15 is 0 Å². The molecular formula is C20H17NOS2. The number of nitrogens with zero attached hydrogens (tertiary/aromatic N) is 1. The fourth-order valence-corrected chi connectivity index (χ4v) is 4.71. The van der Waals surface area contributed by atoms with Gasteiger partial charge in [-0.3, -0.25) is 4.79 Å². The topological polar surface area (TPSA) is 20.3 Å². The average Bonchev–Trinajstić information content (AvgIpc) is 3.30. The van der Waals surface area contributed by atoms with Crippen LogP contribution in [0.15, 0.2) is 65.4 Å². The second kappa shape index (κ2) is 6.75. The Hall–Kier alpha value is -2.17. The molecule has 2 nitrogen and oxygen atoms in total. The highest BCUT2D eigenvalue weighted by Gasteiger charge is 2.31. The van der Waals surface area contributed by atoms with Crippen LogP contribution in [0.25, 0.3) is 6.08 Å². The molecule has 4 heteroatoms. The minimum absolute atomic E-state index is 0.0154. The third kappa shape index (κ3) is 2.95. The van der Waals surface area contributed by atoms with Crippen LogP contribution in [0.5, 0.6) is 0 Å². The van der Waals surface area contributed by atoms with Crippen molar-refractivity contribution < 1.29 is 4.79 Å². The van der Waals surface area contributed by atoms with Crippen molar-refractivity contribution >= 4 is 34.7 Å². The number of carbonyl (C=O) groups excluding carboxylic acids is 1. The molecule has 0 aliphatic carbocycles. The van der Waals surface area contributed by atoms with Crippen molar-refractivity contribution in [2.75, 3.05) is 6.54 Å². The van der Waals surface area contributed by atoms with E-state index in [-0.39, 0.29) is 11.9 Å². The van der Waals surface area contributed by atoms with Crippen molar-refractivity contribution in [3.63, 3.8) is 0 Å². The van der Waals surface area contributed by atoms with E-state index in [9.17, 15) is 4.79 Å². The molecule has 4 rings (SSSR count). The van der Waals surface area contributed by atoms with Gasteiger partial charge in [-0.2, -0.15) is 0 Å². The Morgan fingerprint density at radius 2 is 1.92 bits per heavy atom. The van der Waals surface area contributed by atoms with Crippen LogP contribution in [0.3, 0.4) is 0 Å². The highest BCUT2D eigenvalue weighted by molar-refractivity contribution is 7.10. The minimum atomic E-state index is 0.0154. The van der Waals surface area contributed by atoms with Crippen LogP contribution in [0, 0.1) is 0 Å². The first-order valence-electron chi connectivity index (χ1n) is 7.96. The molecule has 1 aliphatic heterocycles. The van der Waals surface area contributed by atoms with Gasteiger partial charge in [0, 0.05) is 22.4 Å². The van der Waals surface area contributed by atoms with E-state index in [1.807, 2.05) is 46.7 Å². The number of hydrogen-bond donors (Lipinski definition) is 0. The maximum absolute atomic E-state index is 12.9. The first kappa shape index (κ1) is 15.4. The SMILES string of the molecule is O=C(/C=C/c1cccs1)N1CCc2sccc2C1c1ccccc1. The lowest BCUT2D eigenvalue weighted by molar-refractivity contribution is -0.127. The first-order valence-corrected chi connectivity index (χ1v) is 9.72. The molecule has 24 heavy (non-hydrogen) atoms. The Balaban J connectivity index is 1.67. The summed E-state index contributed by atoms with van der Waals surface area (Å²) in [5.41, 5.74) is 2.45. The maximum Gasteiger partial charge on any atom is 0.247 e. The van der Waals surface area contributed by atoms with E-state index in [0.717, 1.165) is 17.8 Å². The summed E-state index contributed by atoms with van der Waals surface area (Å²) in [5.74, 6) is 0.0779. The molecule has 0 fully saturated rings. The quantitative estimate of drug-likeness (QED) is 0.608. The number of amides is 1. The van der Waals surface area contributed by atoms with Crippen molar-refractivity contribution in [3.8, 4) is 0 Å². The zero-order valence-corrected chi connectivity index (χ0v) is 14.7. The second-order valence-electron chi connectivity index (χ2n) is 5.74. The number of thiophene rings is 2. The number of carbonyl (C=O) groups is 1. The summed E-state index contributed by atoms with van der Waals surface area (Å²) in [7, 11) is 0. The van der Waals surface area contributed by atoms with Crippen LogP contribution in [0.2, 0.25) is 0 Å². The largest absolute Gasteiger partial charge is 0.328 e. The number of fused-ring (bicyclic) bond motifs is 1. The molecule has 0 saturated carbocycles. The highest BCUT2D eigenvalue weighted by Crippen LogP contribution is 2.37. The van der Waals surface area contributed by atoms with Gasteiger partial charge in [0.1, 0.15) is 0 Å². The van der Waals surface area contributed by atoms with Gasteiger partial charge in [0.25, 0.3) is 0 Å². The van der Waals surface area contributed by atoms with Crippen molar-refractivity contribution in [1.82, 2.24) is 4.90 Å². The summed E-state index contributed by atoms with van der Waals surface area (Å²) in [6.07, 6.45) is 4.56. The van der Waals surface area contributed by atoms with Crippen LogP contribution in [-0.4, -0.2) is 17.4 Å². The summed E-state index contributed by atoms with van der Waals surface area (Å²) >= 11 is 3.44. The Morgan fingerprint density at radius 1 is 1.04 bits per heavy atom. The van der Waals surface area contributed by atoms with Gasteiger partial charge in [-0.25, -0.2) is 0 Å². The lowest BCUT2D eigenvalue weighted by Gasteiger charge is -2.35. The molecule has 1 atom stereocenters. The molecular weight excluding hydrogens is 334 g/mol. The van der Waals surface area contributed by atoms with Crippen molar-refractivity contribution in [3.05, 3.63) is 86.2 Å². The monoisotopic (exact) mass is 351 g/mol. The fourth-order valence-electron chi connectivity index (χ4n) is 3.18. The van der Waals surface area contributed by atoms with Crippen molar-refractivity contribution in [2.45, 2.75) is 12.5 Å². The zero-order chi connectivity index (χ0) is 16.4. The van der Waals surface area contributed by atoms with Gasteiger partial charge >= 0.3 is 0 Å². The van der Waals surface area contributed by atoms with E-state index in [0.29, 0.717) is 0 Å². The molecule has 0 saturated heterocycles. The summed E-state index contributed by atoms with van der Waals surface area (Å²) in [5, 5.41) is 4.16. The summed E-state index contributed by atoms with van der Waals surface area (Å²) in [4.78, 5) is 17.4. The van der Waals surface area contributed by atoms with Crippen LogP contribution in [-0.2, 0) is 11.2 Å². The molecule has 2 aromatic heterocycles. The van der Waals surface area contributed by atoms with Gasteiger partial charge in [0.05, 0.1) is 6.04 Å². The second-order valence-corrected chi connectivity index (χ2v) is 7.72. The van der Waals surface area contributed by atoms with E-state index in [1.54, 1.807) is 28.7 Å². The molecule has 3 heterocycles. The standard InChI is InChI=1S/C20H17NOS2/c22-19(9-8-16-7-4-13-23-16)21-12-10-18-17(11-14-24-18)20(21)15-5-2-1-3-6-15/h1-9,11,13-14,20H,10,12H2/b9-8+. The van der Waals surface area contributed by atoms with Gasteiger partial charge in [0.15, 0.2) is 0 Å². The summed E-state index contributed by atoms with van der Waals surface area (Å²) < 4.78 is 0. The van der Waals surface area contributed by atoms with Crippen molar-refractivity contribution in [1.29, 1.82) is 0 Å². The molecule has 1 unspecified atom stereocenters. The molecule has 1 amide bonds. The molecule has 0 bridgehead atoms. The first-order chi connectivity index (χ1) is 11.8. The molecule has 0 N–H and O–H groups in total. The minimum Gasteiger partial charge on any atom is -0.328 e. The molecule has 120 valence electrons. The number of hydrogen-bond acceptors (Lipinski definition) is 3. The van der Waals surface area contributed by atoms with E-state index < -0.39 is 0 Å². The average molecular weight is 351 g/mol. The maximum atomic E-state index is 12.9. The van der Waals surface area contributed by atoms with Gasteiger partial charge in [-0.1, -0.05) is 36.4 Å². The van der Waals surface area contributed by atoms with Gasteiger partial charge < -0.3 is 4.90 Å². The Morgan fingerprint density at radius 3 is 2.71 bits per heavy atom.